The lowest BCUT2D eigenvalue weighted by Crippen LogP contribution is -2.40. The van der Waals surface area contributed by atoms with E-state index in [4.69, 9.17) is 30.8 Å². The molecule has 0 unspecified atom stereocenters. The average molecular weight is 716 g/mol. The molecule has 0 fully saturated rings. The van der Waals surface area contributed by atoms with Gasteiger partial charge in [0.2, 0.25) is 0 Å². The fourth-order valence-corrected chi connectivity index (χ4v) is 6.93. The molecule has 0 amide bonds. The first-order valence-electron chi connectivity index (χ1n) is 14.5. The van der Waals surface area contributed by atoms with Crippen molar-refractivity contribution in [2.75, 3.05) is 13.7 Å². The molecule has 2 heterocycles. The van der Waals surface area contributed by atoms with E-state index in [1.165, 1.54) is 11.3 Å². The molecular formula is C36H28BrClN2O5S. The molecule has 4 aromatic carbocycles. The Labute approximate surface area is 282 Å². The Balaban J connectivity index is 1.45. The largest absolute Gasteiger partial charge is 0.497 e. The lowest BCUT2D eigenvalue weighted by molar-refractivity contribution is -0.138. The lowest BCUT2D eigenvalue weighted by atomic mass is 9.93. The fraction of sp³-hybridized carbons (Fsp3) is 0.139. The second kappa shape index (κ2) is 13.9. The van der Waals surface area contributed by atoms with E-state index in [0.29, 0.717) is 43.7 Å². The summed E-state index contributed by atoms with van der Waals surface area (Å²) >= 11 is 11.0. The summed E-state index contributed by atoms with van der Waals surface area (Å²) in [7, 11) is 1.59. The molecule has 0 N–H and O–H groups in total. The molecule has 232 valence electrons. The summed E-state index contributed by atoms with van der Waals surface area (Å²) in [5.74, 6) is 0.786. The van der Waals surface area contributed by atoms with Crippen LogP contribution in [-0.2, 0) is 16.1 Å². The third-order valence-corrected chi connectivity index (χ3v) is 9.18. The number of halogens is 2. The molecule has 0 saturated carbocycles. The number of hydrogen-bond donors (Lipinski definition) is 0. The van der Waals surface area contributed by atoms with E-state index in [1.54, 1.807) is 18.6 Å². The van der Waals surface area contributed by atoms with E-state index < -0.39 is 12.0 Å². The minimum absolute atomic E-state index is 0.178. The van der Waals surface area contributed by atoms with Gasteiger partial charge in [-0.1, -0.05) is 83.6 Å². The minimum Gasteiger partial charge on any atom is -0.497 e. The fourth-order valence-electron chi connectivity index (χ4n) is 5.21. The van der Waals surface area contributed by atoms with Gasteiger partial charge in [-0.15, -0.1) is 0 Å². The number of nitrogens with zero attached hydrogens (tertiary/aromatic N) is 2. The summed E-state index contributed by atoms with van der Waals surface area (Å²) in [6.45, 7) is 2.29. The van der Waals surface area contributed by atoms with Crippen molar-refractivity contribution in [3.8, 4) is 11.5 Å². The highest BCUT2D eigenvalue weighted by atomic mass is 79.9. The summed E-state index contributed by atoms with van der Waals surface area (Å²) in [4.78, 5) is 33.2. The number of rotatable bonds is 9. The smallest absolute Gasteiger partial charge is 0.338 e. The first-order chi connectivity index (χ1) is 22.4. The number of esters is 1. The molecule has 7 nitrogen and oxygen atoms in total. The van der Waals surface area contributed by atoms with Crippen LogP contribution in [0.2, 0.25) is 5.02 Å². The molecule has 0 aliphatic carbocycles. The molecule has 10 heteroatoms. The van der Waals surface area contributed by atoms with Crippen LogP contribution >= 0.6 is 38.9 Å². The molecular weight excluding hydrogens is 688 g/mol. The zero-order chi connectivity index (χ0) is 32.2. The number of thiazole rings is 1. The second-order valence-electron chi connectivity index (χ2n) is 10.3. The van der Waals surface area contributed by atoms with Gasteiger partial charge in [-0.3, -0.25) is 9.36 Å². The van der Waals surface area contributed by atoms with E-state index in [0.717, 1.165) is 26.7 Å². The number of carbonyl (C=O) groups excluding carboxylic acids is 1. The van der Waals surface area contributed by atoms with Crippen molar-refractivity contribution in [2.24, 2.45) is 4.99 Å². The molecule has 1 atom stereocenters. The molecule has 0 radical (unpaired) electrons. The van der Waals surface area contributed by atoms with Crippen LogP contribution in [0.25, 0.3) is 11.8 Å². The first kappa shape index (κ1) is 31.5. The number of methoxy groups -OCH3 is 1. The van der Waals surface area contributed by atoms with Crippen molar-refractivity contribution in [1.29, 1.82) is 0 Å². The first-order valence-corrected chi connectivity index (χ1v) is 16.4. The monoisotopic (exact) mass is 714 g/mol. The SMILES string of the molecule is CCOC(=O)C1=C(c2ccccc2)N=c2s/c(=C\c3ccc(OCc4cccc(Cl)c4)c(Br)c3)c(=O)n2[C@H]1c1ccc(OC)cc1. The van der Waals surface area contributed by atoms with Gasteiger partial charge in [-0.05, 0) is 82.0 Å². The Hall–Kier alpha value is -4.44. The maximum absolute atomic E-state index is 14.2. The van der Waals surface area contributed by atoms with Crippen LogP contribution in [0, 0.1) is 0 Å². The number of carbonyl (C=O) groups is 1. The predicted molar refractivity (Wildman–Crippen MR) is 184 cm³/mol. The highest BCUT2D eigenvalue weighted by Crippen LogP contribution is 2.36. The highest BCUT2D eigenvalue weighted by molar-refractivity contribution is 9.10. The Bertz CT molecular complexity index is 2120. The van der Waals surface area contributed by atoms with Gasteiger partial charge in [0.25, 0.3) is 5.56 Å². The number of hydrogen-bond acceptors (Lipinski definition) is 7. The maximum atomic E-state index is 14.2. The third kappa shape index (κ3) is 6.58. The predicted octanol–water partition coefficient (Wildman–Crippen LogP) is 6.94. The van der Waals surface area contributed by atoms with Crippen molar-refractivity contribution < 1.29 is 19.0 Å². The summed E-state index contributed by atoms with van der Waals surface area (Å²) in [6.07, 6.45) is 1.82. The summed E-state index contributed by atoms with van der Waals surface area (Å²) in [5.41, 5.74) is 3.71. The number of fused-ring (bicyclic) bond motifs is 1. The van der Waals surface area contributed by atoms with Crippen molar-refractivity contribution in [1.82, 2.24) is 4.57 Å². The van der Waals surface area contributed by atoms with Gasteiger partial charge in [0, 0.05) is 10.6 Å². The normalized spacial score (nSPS) is 14.4. The second-order valence-corrected chi connectivity index (χ2v) is 12.6. The van der Waals surface area contributed by atoms with Gasteiger partial charge in [0.1, 0.15) is 18.1 Å². The zero-order valence-corrected chi connectivity index (χ0v) is 28.1. The van der Waals surface area contributed by atoms with Crippen LogP contribution in [0.3, 0.4) is 0 Å². The molecule has 1 aliphatic heterocycles. The van der Waals surface area contributed by atoms with Crippen LogP contribution in [-0.4, -0.2) is 24.3 Å². The van der Waals surface area contributed by atoms with Crippen molar-refractivity contribution in [3.63, 3.8) is 0 Å². The lowest BCUT2D eigenvalue weighted by Gasteiger charge is -2.26. The molecule has 5 aromatic rings. The summed E-state index contributed by atoms with van der Waals surface area (Å²) < 4.78 is 19.7. The minimum atomic E-state index is -0.771. The molecule has 0 saturated heterocycles. The van der Waals surface area contributed by atoms with E-state index >= 15 is 0 Å². The van der Waals surface area contributed by atoms with Gasteiger partial charge >= 0.3 is 5.97 Å². The van der Waals surface area contributed by atoms with E-state index in [1.807, 2.05) is 103 Å². The molecule has 0 spiro atoms. The number of aromatic nitrogens is 1. The van der Waals surface area contributed by atoms with Gasteiger partial charge in [-0.2, -0.15) is 0 Å². The van der Waals surface area contributed by atoms with Crippen LogP contribution < -0.4 is 24.4 Å². The quantitative estimate of drug-likeness (QED) is 0.155. The van der Waals surface area contributed by atoms with Gasteiger partial charge in [0.05, 0.1) is 40.0 Å². The molecule has 46 heavy (non-hydrogen) atoms. The molecule has 1 aliphatic rings. The molecule has 1 aromatic heterocycles. The van der Waals surface area contributed by atoms with E-state index in [-0.39, 0.29) is 12.2 Å². The van der Waals surface area contributed by atoms with Gasteiger partial charge in [0.15, 0.2) is 4.80 Å². The van der Waals surface area contributed by atoms with E-state index in [2.05, 4.69) is 15.9 Å². The Kier molecular flexibility index (Phi) is 9.53. The van der Waals surface area contributed by atoms with Crippen molar-refractivity contribution in [2.45, 2.75) is 19.6 Å². The Morgan fingerprint density at radius 2 is 1.80 bits per heavy atom. The third-order valence-electron chi connectivity index (χ3n) is 7.34. The van der Waals surface area contributed by atoms with Gasteiger partial charge in [-0.25, -0.2) is 9.79 Å². The Morgan fingerprint density at radius 3 is 2.50 bits per heavy atom. The highest BCUT2D eigenvalue weighted by Gasteiger charge is 2.35. The number of ether oxygens (including phenoxy) is 3. The maximum Gasteiger partial charge on any atom is 0.338 e. The Morgan fingerprint density at radius 1 is 1.02 bits per heavy atom. The van der Waals surface area contributed by atoms with Crippen LogP contribution in [0.4, 0.5) is 0 Å². The molecule has 0 bridgehead atoms. The topological polar surface area (TPSA) is 79.1 Å². The number of benzene rings is 4. The van der Waals surface area contributed by atoms with Crippen molar-refractivity contribution >= 4 is 56.6 Å². The van der Waals surface area contributed by atoms with Gasteiger partial charge < -0.3 is 14.2 Å². The zero-order valence-electron chi connectivity index (χ0n) is 24.9. The van der Waals surface area contributed by atoms with Crippen LogP contribution in [0.15, 0.2) is 117 Å². The summed E-state index contributed by atoms with van der Waals surface area (Å²) in [6, 6.07) is 29.2. The van der Waals surface area contributed by atoms with E-state index in [9.17, 15) is 9.59 Å². The summed E-state index contributed by atoms with van der Waals surface area (Å²) in [5, 5.41) is 0.650. The molecule has 6 rings (SSSR count). The van der Waals surface area contributed by atoms with Crippen LogP contribution in [0.5, 0.6) is 11.5 Å². The average Bonchev–Trinajstić information content (AvgIpc) is 3.38. The van der Waals surface area contributed by atoms with Crippen molar-refractivity contribution in [3.05, 3.63) is 154 Å². The standard InChI is InChI=1S/C36H28BrClN2O5S/c1-3-44-35(42)31-32(24-9-5-4-6-10-24)39-36-40(33(31)25-13-15-27(43-2)16-14-25)34(41)30(46-36)20-22-12-17-29(28(37)19-22)45-21-23-8-7-11-26(38)18-23/h4-20,33H,3,21H2,1-2H3/b30-20-/t33-/m0/s1. The van der Waals surface area contributed by atoms with Crippen LogP contribution in [0.1, 0.15) is 35.2 Å².